The highest BCUT2D eigenvalue weighted by Crippen LogP contribution is 2.47. The number of fused-ring (bicyclic) bond motifs is 1. The van der Waals surface area contributed by atoms with Crippen LogP contribution in [0.15, 0.2) is 27.1 Å². The standard InChI is InChI=1S/C13H17N3O4S/c1-7(17)10-8-5-9(21-4-2-3-15-6-14)11(13(19)20)16(8)12(10)18/h2,4,6-8,10,17H,3,5H2,1H3,(H2,14,15)(H,19,20)/b4-2-/t7-,8+,10-/m0/s1. The molecule has 2 heterocycles. The highest BCUT2D eigenvalue weighted by molar-refractivity contribution is 8.05. The molecule has 7 nitrogen and oxygen atoms in total. The molecule has 0 saturated carbocycles. The molecule has 1 fully saturated rings. The van der Waals surface area contributed by atoms with Gasteiger partial charge in [-0.05, 0) is 12.3 Å². The van der Waals surface area contributed by atoms with Gasteiger partial charge in [0.05, 0.1) is 30.9 Å². The van der Waals surface area contributed by atoms with Gasteiger partial charge in [0.2, 0.25) is 5.91 Å². The van der Waals surface area contributed by atoms with Crippen LogP contribution >= 0.6 is 11.8 Å². The summed E-state index contributed by atoms with van der Waals surface area (Å²) in [6.07, 6.45) is 2.64. The predicted octanol–water partition coefficient (Wildman–Crippen LogP) is 0.128. The van der Waals surface area contributed by atoms with Crippen LogP contribution in [0.25, 0.3) is 0 Å². The summed E-state index contributed by atoms with van der Waals surface area (Å²) in [4.78, 5) is 29.0. The van der Waals surface area contributed by atoms with Crippen LogP contribution in [0.3, 0.4) is 0 Å². The van der Waals surface area contributed by atoms with E-state index in [0.29, 0.717) is 17.9 Å². The molecule has 0 radical (unpaired) electrons. The van der Waals surface area contributed by atoms with Crippen LogP contribution in [-0.4, -0.2) is 52.0 Å². The molecule has 1 saturated heterocycles. The van der Waals surface area contributed by atoms with Gasteiger partial charge >= 0.3 is 5.97 Å². The third-order valence-electron chi connectivity index (χ3n) is 3.51. The lowest BCUT2D eigenvalue weighted by atomic mass is 9.83. The van der Waals surface area contributed by atoms with Gasteiger partial charge in [-0.1, -0.05) is 6.08 Å². The van der Waals surface area contributed by atoms with E-state index in [2.05, 4.69) is 4.99 Å². The Kier molecular flexibility index (Phi) is 4.69. The van der Waals surface area contributed by atoms with Crippen molar-refractivity contribution in [2.75, 3.05) is 6.54 Å². The molecule has 0 aromatic heterocycles. The normalized spacial score (nSPS) is 26.6. The van der Waals surface area contributed by atoms with Gasteiger partial charge in [0.15, 0.2) is 0 Å². The minimum atomic E-state index is -1.12. The number of hydrogen-bond donors (Lipinski definition) is 3. The van der Waals surface area contributed by atoms with E-state index in [9.17, 15) is 19.8 Å². The molecule has 8 heteroatoms. The maximum Gasteiger partial charge on any atom is 0.353 e. The molecule has 2 aliphatic heterocycles. The number of aliphatic hydroxyl groups is 1. The fraction of sp³-hybridized carbons (Fsp3) is 0.462. The number of hydrogen-bond acceptors (Lipinski definition) is 5. The molecule has 0 aromatic rings. The maximum atomic E-state index is 12.0. The highest BCUT2D eigenvalue weighted by Gasteiger charge is 2.56. The Labute approximate surface area is 126 Å². The van der Waals surface area contributed by atoms with Gasteiger partial charge in [-0.2, -0.15) is 0 Å². The molecular weight excluding hydrogens is 294 g/mol. The number of aliphatic hydroxyl groups excluding tert-OH is 1. The van der Waals surface area contributed by atoms with Crippen LogP contribution in [-0.2, 0) is 9.59 Å². The number of nitrogens with two attached hydrogens (primary N) is 1. The number of carbonyl (C=O) groups is 2. The molecule has 2 rings (SSSR count). The first-order valence-electron chi connectivity index (χ1n) is 6.48. The van der Waals surface area contributed by atoms with E-state index in [4.69, 9.17) is 5.73 Å². The molecule has 0 spiro atoms. The summed E-state index contributed by atoms with van der Waals surface area (Å²) in [6, 6.07) is -0.249. The summed E-state index contributed by atoms with van der Waals surface area (Å²) >= 11 is 1.26. The number of aliphatic carboxylic acids is 1. The zero-order valence-corrected chi connectivity index (χ0v) is 12.3. The predicted molar refractivity (Wildman–Crippen MR) is 79.4 cm³/mol. The van der Waals surface area contributed by atoms with Crippen molar-refractivity contribution in [2.45, 2.75) is 25.5 Å². The molecular formula is C13H17N3O4S. The molecule has 114 valence electrons. The van der Waals surface area contributed by atoms with Crippen LogP contribution in [0.5, 0.6) is 0 Å². The van der Waals surface area contributed by atoms with Gasteiger partial charge in [-0.3, -0.25) is 9.79 Å². The van der Waals surface area contributed by atoms with E-state index in [1.54, 1.807) is 18.4 Å². The lowest BCUT2D eigenvalue weighted by Crippen LogP contribution is -2.61. The van der Waals surface area contributed by atoms with Crippen LogP contribution in [0.2, 0.25) is 0 Å². The third kappa shape index (κ3) is 2.81. The zero-order valence-electron chi connectivity index (χ0n) is 11.5. The molecule has 0 aromatic carbocycles. The number of amides is 1. The van der Waals surface area contributed by atoms with Crippen molar-refractivity contribution in [3.05, 3.63) is 22.1 Å². The Balaban J connectivity index is 2.11. The third-order valence-corrected chi connectivity index (χ3v) is 4.49. The number of rotatable bonds is 6. The molecule has 4 N–H and O–H groups in total. The van der Waals surface area contributed by atoms with Crippen molar-refractivity contribution in [1.82, 2.24) is 4.90 Å². The average molecular weight is 311 g/mol. The van der Waals surface area contributed by atoms with Crippen LogP contribution in [0.1, 0.15) is 13.3 Å². The Morgan fingerprint density at radius 2 is 2.38 bits per heavy atom. The van der Waals surface area contributed by atoms with E-state index in [1.807, 2.05) is 0 Å². The molecule has 0 unspecified atom stereocenters. The topological polar surface area (TPSA) is 116 Å². The van der Waals surface area contributed by atoms with E-state index in [0.717, 1.165) is 0 Å². The van der Waals surface area contributed by atoms with Gasteiger partial charge in [0.25, 0.3) is 0 Å². The Morgan fingerprint density at radius 1 is 1.67 bits per heavy atom. The largest absolute Gasteiger partial charge is 0.477 e. The van der Waals surface area contributed by atoms with Crippen molar-refractivity contribution in [1.29, 1.82) is 0 Å². The molecule has 0 bridgehead atoms. The van der Waals surface area contributed by atoms with Gasteiger partial charge in [-0.25, -0.2) is 4.79 Å². The van der Waals surface area contributed by atoms with Gasteiger partial charge in [0.1, 0.15) is 5.70 Å². The quantitative estimate of drug-likeness (QED) is 0.365. The number of carbonyl (C=O) groups excluding carboxylic acids is 1. The Hall–Kier alpha value is -1.80. The van der Waals surface area contributed by atoms with E-state index >= 15 is 0 Å². The average Bonchev–Trinajstić information content (AvgIpc) is 2.72. The fourth-order valence-corrected chi connectivity index (χ4v) is 3.54. The van der Waals surface area contributed by atoms with E-state index in [-0.39, 0.29) is 17.6 Å². The first kappa shape index (κ1) is 15.6. The molecule has 3 atom stereocenters. The molecule has 1 amide bonds. The monoisotopic (exact) mass is 311 g/mol. The minimum Gasteiger partial charge on any atom is -0.477 e. The number of carboxylic acids is 1. The fourth-order valence-electron chi connectivity index (χ4n) is 2.63. The first-order chi connectivity index (χ1) is 9.99. The van der Waals surface area contributed by atoms with Gasteiger partial charge < -0.3 is 20.8 Å². The summed E-state index contributed by atoms with van der Waals surface area (Å²) < 4.78 is 0. The number of aliphatic imine (C=N–C) groups is 1. The number of carboxylic acid groups (broad SMARTS) is 1. The number of nitrogens with zero attached hydrogens (tertiary/aromatic N) is 2. The van der Waals surface area contributed by atoms with Crippen molar-refractivity contribution in [3.63, 3.8) is 0 Å². The van der Waals surface area contributed by atoms with Gasteiger partial charge in [0, 0.05) is 11.3 Å². The van der Waals surface area contributed by atoms with Crippen molar-refractivity contribution >= 4 is 30.0 Å². The summed E-state index contributed by atoms with van der Waals surface area (Å²) in [5.74, 6) is -1.95. The molecule has 2 aliphatic rings. The zero-order chi connectivity index (χ0) is 15.6. The second-order valence-corrected chi connectivity index (χ2v) is 5.83. The molecule has 0 aliphatic carbocycles. The smallest absolute Gasteiger partial charge is 0.353 e. The van der Waals surface area contributed by atoms with Crippen molar-refractivity contribution in [3.8, 4) is 0 Å². The first-order valence-corrected chi connectivity index (χ1v) is 7.36. The second kappa shape index (κ2) is 6.31. The summed E-state index contributed by atoms with van der Waals surface area (Å²) in [5, 5.41) is 20.6. The summed E-state index contributed by atoms with van der Waals surface area (Å²) in [6.45, 7) is 1.97. The lowest BCUT2D eigenvalue weighted by Gasteiger charge is -2.44. The van der Waals surface area contributed by atoms with Crippen LogP contribution in [0, 0.1) is 5.92 Å². The van der Waals surface area contributed by atoms with Crippen LogP contribution < -0.4 is 5.73 Å². The second-order valence-electron chi connectivity index (χ2n) is 4.83. The number of thioether (sulfide) groups is 1. The Bertz CT molecular complexity index is 542. The van der Waals surface area contributed by atoms with E-state index in [1.165, 1.54) is 23.0 Å². The van der Waals surface area contributed by atoms with E-state index < -0.39 is 18.0 Å². The number of β-lactam (4-membered cyclic amide) rings is 1. The summed E-state index contributed by atoms with van der Waals surface area (Å²) in [5.41, 5.74) is 5.14. The van der Waals surface area contributed by atoms with Crippen molar-refractivity contribution < 1.29 is 19.8 Å². The van der Waals surface area contributed by atoms with Gasteiger partial charge in [-0.15, -0.1) is 11.8 Å². The molecule has 21 heavy (non-hydrogen) atoms. The SMILES string of the molecule is C[C@H](O)[C@@H]1C(=O)N2C(C(=O)O)=C(S/C=C\CN=CN)C[C@H]12. The lowest BCUT2D eigenvalue weighted by molar-refractivity contribution is -0.161. The summed E-state index contributed by atoms with van der Waals surface area (Å²) in [7, 11) is 0. The highest BCUT2D eigenvalue weighted by atomic mass is 32.2. The minimum absolute atomic E-state index is 0.0267. The maximum absolute atomic E-state index is 12.0. The van der Waals surface area contributed by atoms with Crippen LogP contribution in [0.4, 0.5) is 0 Å². The van der Waals surface area contributed by atoms with Crippen molar-refractivity contribution in [2.24, 2.45) is 16.6 Å². The Morgan fingerprint density at radius 3 is 2.95 bits per heavy atom.